The minimum atomic E-state index is 0.182. The predicted octanol–water partition coefficient (Wildman–Crippen LogP) is 9.78. The summed E-state index contributed by atoms with van der Waals surface area (Å²) in [7, 11) is 0. The van der Waals surface area contributed by atoms with Gasteiger partial charge in [0.15, 0.2) is 0 Å². The molecule has 0 spiro atoms. The molecule has 2 rings (SSSR count). The van der Waals surface area contributed by atoms with E-state index in [1.165, 1.54) is 11.3 Å². The van der Waals surface area contributed by atoms with Crippen molar-refractivity contribution in [2.24, 2.45) is 10.8 Å². The maximum absolute atomic E-state index is 12.9. The minimum Gasteiger partial charge on any atom is -0.314 e. The summed E-state index contributed by atoms with van der Waals surface area (Å²) in [5, 5.41) is 0. The van der Waals surface area contributed by atoms with Crippen molar-refractivity contribution in [3.63, 3.8) is 0 Å². The second-order valence-corrected chi connectivity index (χ2v) is 11.8. The van der Waals surface area contributed by atoms with Crippen LogP contribution in [0.2, 0.25) is 0 Å². The highest BCUT2D eigenvalue weighted by Gasteiger charge is 2.38. The first kappa shape index (κ1) is 26.1. The Morgan fingerprint density at radius 1 is 1.16 bits per heavy atom. The third-order valence-electron chi connectivity index (χ3n) is 6.24. The normalized spacial score (nSPS) is 21.5. The van der Waals surface area contributed by atoms with E-state index in [9.17, 15) is 3.89 Å². The number of hydrogen-bond donors (Lipinski definition) is 0. The van der Waals surface area contributed by atoms with Crippen molar-refractivity contribution in [2.45, 2.75) is 94.9 Å². The molecule has 0 saturated heterocycles. The van der Waals surface area contributed by atoms with Crippen LogP contribution in [0.5, 0.6) is 0 Å². The minimum absolute atomic E-state index is 0.182. The molecule has 1 saturated carbocycles. The van der Waals surface area contributed by atoms with Crippen LogP contribution in [0.3, 0.4) is 0 Å². The van der Waals surface area contributed by atoms with E-state index in [-0.39, 0.29) is 10.8 Å². The Kier molecular flexibility index (Phi) is 9.82. The monoisotopic (exact) mass is 461 g/mol. The molecule has 1 fully saturated rings. The van der Waals surface area contributed by atoms with E-state index in [0.29, 0.717) is 23.1 Å². The molecule has 0 aromatic heterocycles. The van der Waals surface area contributed by atoms with Crippen LogP contribution in [0.15, 0.2) is 71.1 Å². The highest BCUT2D eigenvalue weighted by atomic mass is 32.2. The molecule has 31 heavy (non-hydrogen) atoms. The van der Waals surface area contributed by atoms with Gasteiger partial charge in [-0.3, -0.25) is 0 Å². The van der Waals surface area contributed by atoms with Crippen molar-refractivity contribution in [3.05, 3.63) is 61.3 Å². The number of halogens is 1. The van der Waals surface area contributed by atoms with E-state index in [4.69, 9.17) is 0 Å². The standard InChI is InChI=1S/C27H40FNS2/c1-8-10-21(3)27(17-9-2)18-15-23(16-19-27)29(22(4)20-26(5,6)7)31-25-13-11-24(30-28)12-14-25/h9,11-14,23H,2-4,8,10,15-20H2,1,5-7H3. The second kappa shape index (κ2) is 11.7. The number of allylic oxidation sites excluding steroid dienone is 3. The Bertz CT molecular complexity index is 739. The third kappa shape index (κ3) is 7.46. The van der Waals surface area contributed by atoms with Crippen LogP contribution in [0.25, 0.3) is 0 Å². The van der Waals surface area contributed by atoms with E-state index in [0.717, 1.165) is 56.3 Å². The first-order valence-electron chi connectivity index (χ1n) is 11.5. The average Bonchev–Trinajstić information content (AvgIpc) is 2.72. The van der Waals surface area contributed by atoms with Gasteiger partial charge in [0.1, 0.15) is 0 Å². The fraction of sp³-hybridized carbons (Fsp3) is 0.556. The van der Waals surface area contributed by atoms with E-state index in [1.54, 1.807) is 11.9 Å². The van der Waals surface area contributed by atoms with E-state index in [1.807, 2.05) is 24.3 Å². The molecule has 1 nitrogen and oxygen atoms in total. The Labute approximate surface area is 199 Å². The SMILES string of the molecule is C=CCC1(C(=C)CCC)CCC(N(Sc2ccc(SF)cc2)C(=C)CC(C)(C)C)CC1. The molecule has 0 aliphatic heterocycles. The van der Waals surface area contributed by atoms with Gasteiger partial charge in [0.05, 0.1) is 12.1 Å². The summed E-state index contributed by atoms with van der Waals surface area (Å²) in [5.74, 6) is 0. The first-order valence-corrected chi connectivity index (χ1v) is 13.0. The lowest BCUT2D eigenvalue weighted by molar-refractivity contribution is 0.173. The van der Waals surface area contributed by atoms with E-state index < -0.39 is 0 Å². The zero-order valence-corrected chi connectivity index (χ0v) is 21.5. The first-order chi connectivity index (χ1) is 14.6. The van der Waals surface area contributed by atoms with Crippen LogP contribution < -0.4 is 0 Å². The molecule has 1 aromatic carbocycles. The van der Waals surface area contributed by atoms with E-state index >= 15 is 0 Å². The molecule has 0 atom stereocenters. The lowest BCUT2D eigenvalue weighted by Crippen LogP contribution is -2.38. The van der Waals surface area contributed by atoms with Crippen LogP contribution in [0.1, 0.15) is 79.1 Å². The fourth-order valence-electron chi connectivity index (χ4n) is 4.69. The Morgan fingerprint density at radius 3 is 2.23 bits per heavy atom. The molecular formula is C27H40FNS2. The van der Waals surface area contributed by atoms with Crippen molar-refractivity contribution >= 4 is 24.1 Å². The van der Waals surface area contributed by atoms with Gasteiger partial charge in [-0.15, -0.1) is 6.58 Å². The second-order valence-electron chi connectivity index (χ2n) is 10.1. The Balaban J connectivity index is 2.20. The van der Waals surface area contributed by atoms with Gasteiger partial charge in [0, 0.05) is 21.5 Å². The summed E-state index contributed by atoms with van der Waals surface area (Å²) < 4.78 is 15.3. The molecule has 0 N–H and O–H groups in total. The number of nitrogens with zero attached hydrogens (tertiary/aromatic N) is 1. The van der Waals surface area contributed by atoms with Gasteiger partial charge in [0.25, 0.3) is 0 Å². The van der Waals surface area contributed by atoms with Crippen LogP contribution in [0, 0.1) is 10.8 Å². The number of rotatable bonds is 11. The highest BCUT2D eigenvalue weighted by molar-refractivity contribution is 7.97. The molecule has 172 valence electrons. The van der Waals surface area contributed by atoms with Gasteiger partial charge < -0.3 is 4.31 Å². The van der Waals surface area contributed by atoms with Gasteiger partial charge >= 0.3 is 0 Å². The van der Waals surface area contributed by atoms with Crippen molar-refractivity contribution in [2.75, 3.05) is 0 Å². The van der Waals surface area contributed by atoms with Gasteiger partial charge in [-0.25, -0.2) is 0 Å². The van der Waals surface area contributed by atoms with Crippen LogP contribution in [0.4, 0.5) is 3.89 Å². The van der Waals surface area contributed by atoms with Crippen LogP contribution >= 0.6 is 24.1 Å². The molecule has 0 bridgehead atoms. The van der Waals surface area contributed by atoms with Crippen molar-refractivity contribution in [1.82, 2.24) is 4.31 Å². The van der Waals surface area contributed by atoms with Crippen molar-refractivity contribution in [3.8, 4) is 0 Å². The predicted molar refractivity (Wildman–Crippen MR) is 138 cm³/mol. The number of hydrogen-bond acceptors (Lipinski definition) is 3. The zero-order chi connectivity index (χ0) is 23.1. The summed E-state index contributed by atoms with van der Waals surface area (Å²) in [6, 6.07) is 8.17. The lowest BCUT2D eigenvalue weighted by Gasteiger charge is -2.45. The molecule has 1 aliphatic rings. The summed E-state index contributed by atoms with van der Waals surface area (Å²) in [6.07, 6.45) is 10.9. The molecule has 1 aromatic rings. The maximum atomic E-state index is 12.9. The van der Waals surface area contributed by atoms with Crippen molar-refractivity contribution < 1.29 is 3.89 Å². The van der Waals surface area contributed by atoms with Gasteiger partial charge in [0.2, 0.25) is 0 Å². The molecule has 0 radical (unpaired) electrons. The lowest BCUT2D eigenvalue weighted by atomic mass is 9.65. The molecule has 4 heteroatoms. The summed E-state index contributed by atoms with van der Waals surface area (Å²) in [5.41, 5.74) is 2.97. The quantitative estimate of drug-likeness (QED) is 0.238. The molecule has 0 heterocycles. The molecule has 0 amide bonds. The van der Waals surface area contributed by atoms with Gasteiger partial charge in [-0.05, 0) is 92.0 Å². The topological polar surface area (TPSA) is 3.24 Å². The largest absolute Gasteiger partial charge is 0.314 e. The molecule has 1 aliphatic carbocycles. The molecular weight excluding hydrogens is 421 g/mol. The maximum Gasteiger partial charge on any atom is 0.0812 e. The van der Waals surface area contributed by atoms with Crippen LogP contribution in [-0.2, 0) is 0 Å². The highest BCUT2D eigenvalue weighted by Crippen LogP contribution is 2.49. The average molecular weight is 462 g/mol. The summed E-state index contributed by atoms with van der Waals surface area (Å²) >= 11 is 2.05. The van der Waals surface area contributed by atoms with E-state index in [2.05, 4.69) is 57.8 Å². The summed E-state index contributed by atoms with van der Waals surface area (Å²) in [6.45, 7) is 22.0. The van der Waals surface area contributed by atoms with Gasteiger partial charge in [-0.1, -0.05) is 58.9 Å². The number of benzene rings is 1. The molecule has 0 unspecified atom stereocenters. The summed E-state index contributed by atoms with van der Waals surface area (Å²) in [4.78, 5) is 1.77. The Morgan fingerprint density at radius 2 is 1.74 bits per heavy atom. The smallest absolute Gasteiger partial charge is 0.0812 e. The van der Waals surface area contributed by atoms with Gasteiger partial charge in [-0.2, -0.15) is 3.89 Å². The van der Waals surface area contributed by atoms with Crippen LogP contribution in [-0.4, -0.2) is 10.3 Å². The third-order valence-corrected chi connectivity index (χ3v) is 7.93. The Hall–Kier alpha value is -1.13. The zero-order valence-electron chi connectivity index (χ0n) is 19.9. The van der Waals surface area contributed by atoms with Crippen molar-refractivity contribution in [1.29, 1.82) is 0 Å². The fourth-order valence-corrected chi connectivity index (χ4v) is 5.97.